The van der Waals surface area contributed by atoms with Gasteiger partial charge in [0.05, 0.1) is 22.4 Å². The molecule has 1 aliphatic rings. The first kappa shape index (κ1) is 17.8. The monoisotopic (exact) mass is 378 g/mol. The predicted molar refractivity (Wildman–Crippen MR) is 99.6 cm³/mol. The molecule has 0 fully saturated rings. The number of aryl methyl sites for hydroxylation is 1. The zero-order chi connectivity index (χ0) is 18.0. The van der Waals surface area contributed by atoms with E-state index in [9.17, 15) is 4.79 Å². The number of nitrogens with zero attached hydrogens (tertiary/aromatic N) is 1. The van der Waals surface area contributed by atoms with Gasteiger partial charge in [-0.15, -0.1) is 11.3 Å². The maximum atomic E-state index is 12.5. The van der Waals surface area contributed by atoms with Crippen LogP contribution < -0.4 is 10.1 Å². The lowest BCUT2D eigenvalue weighted by Gasteiger charge is -2.19. The van der Waals surface area contributed by atoms with Crippen molar-refractivity contribution in [2.45, 2.75) is 32.4 Å². The molecule has 7 heteroatoms. The number of rotatable bonds is 5. The predicted octanol–water partition coefficient (Wildman–Crippen LogP) is 4.09. The summed E-state index contributed by atoms with van der Waals surface area (Å²) < 4.78 is 6.08. The number of oxime groups is 1. The van der Waals surface area contributed by atoms with Crippen LogP contribution in [0.1, 0.15) is 35.4 Å². The number of hydrogen-bond acceptors (Lipinski definition) is 5. The highest BCUT2D eigenvalue weighted by atomic mass is 35.5. The van der Waals surface area contributed by atoms with Crippen molar-refractivity contribution in [2.75, 3.05) is 7.11 Å². The lowest BCUT2D eigenvalue weighted by molar-refractivity contribution is -0.131. The minimum Gasteiger partial charge on any atom is -0.496 e. The van der Waals surface area contributed by atoms with Gasteiger partial charge in [-0.2, -0.15) is 0 Å². The van der Waals surface area contributed by atoms with Crippen LogP contribution in [-0.4, -0.2) is 24.8 Å². The highest BCUT2D eigenvalue weighted by molar-refractivity contribution is 7.18. The molecule has 0 spiro atoms. The number of nitrogens with one attached hydrogen (secondary N) is 1. The molecule has 0 aliphatic carbocycles. The number of thiophene rings is 1. The summed E-state index contributed by atoms with van der Waals surface area (Å²) in [7, 11) is 1.62. The average Bonchev–Trinajstić information content (AvgIpc) is 3.23. The van der Waals surface area contributed by atoms with Gasteiger partial charge in [-0.25, -0.2) is 0 Å². The van der Waals surface area contributed by atoms with Crippen LogP contribution in [0.2, 0.25) is 4.34 Å². The smallest absolute Gasteiger partial charge is 0.264 e. The second-order valence-corrected chi connectivity index (χ2v) is 7.63. The van der Waals surface area contributed by atoms with E-state index in [1.807, 2.05) is 44.2 Å². The van der Waals surface area contributed by atoms with Crippen molar-refractivity contribution in [3.63, 3.8) is 0 Å². The summed E-state index contributed by atoms with van der Waals surface area (Å²) in [6, 6.07) is 9.38. The van der Waals surface area contributed by atoms with E-state index in [2.05, 4.69) is 10.5 Å². The van der Waals surface area contributed by atoms with Crippen LogP contribution in [0.15, 0.2) is 35.5 Å². The van der Waals surface area contributed by atoms with Crippen LogP contribution >= 0.6 is 22.9 Å². The molecule has 2 atom stereocenters. The van der Waals surface area contributed by atoms with Crippen molar-refractivity contribution >= 4 is 34.6 Å². The van der Waals surface area contributed by atoms with Crippen LogP contribution in [0, 0.1) is 6.92 Å². The highest BCUT2D eigenvalue weighted by Crippen LogP contribution is 2.28. The number of carbonyl (C=O) groups excluding carboxylic acids is 1. The van der Waals surface area contributed by atoms with E-state index in [1.165, 1.54) is 11.3 Å². The maximum Gasteiger partial charge on any atom is 0.264 e. The van der Waals surface area contributed by atoms with Crippen molar-refractivity contribution in [1.82, 2.24) is 5.32 Å². The molecule has 0 saturated heterocycles. The average molecular weight is 379 g/mol. The fourth-order valence-electron chi connectivity index (χ4n) is 2.71. The largest absolute Gasteiger partial charge is 0.496 e. The van der Waals surface area contributed by atoms with E-state index >= 15 is 0 Å². The van der Waals surface area contributed by atoms with Gasteiger partial charge in [0.2, 0.25) is 6.10 Å². The molecule has 1 amide bonds. The number of amides is 1. The van der Waals surface area contributed by atoms with Crippen molar-refractivity contribution in [3.8, 4) is 5.75 Å². The van der Waals surface area contributed by atoms with E-state index < -0.39 is 6.10 Å². The van der Waals surface area contributed by atoms with E-state index in [-0.39, 0.29) is 11.9 Å². The third kappa shape index (κ3) is 3.96. The lowest BCUT2D eigenvalue weighted by atomic mass is 10.0. The molecule has 5 nitrogen and oxygen atoms in total. The Morgan fingerprint density at radius 3 is 2.92 bits per heavy atom. The van der Waals surface area contributed by atoms with Gasteiger partial charge in [0, 0.05) is 12.0 Å². The number of hydrogen-bond donors (Lipinski definition) is 1. The Balaban J connectivity index is 1.64. The molecule has 0 saturated carbocycles. The molecule has 0 radical (unpaired) electrons. The highest BCUT2D eigenvalue weighted by Gasteiger charge is 2.30. The van der Waals surface area contributed by atoms with Gasteiger partial charge >= 0.3 is 0 Å². The van der Waals surface area contributed by atoms with Crippen molar-refractivity contribution in [2.24, 2.45) is 5.16 Å². The second-order valence-electron chi connectivity index (χ2n) is 5.92. The fourth-order valence-corrected chi connectivity index (χ4v) is 3.74. The fraction of sp³-hybridized carbons (Fsp3) is 0.333. The standard InChI is InChI=1S/C18H19ClN2O3S/c1-10-4-5-14(23-3)12(8-10)11(2)20-18(22)15-9-13(21-24-15)16-6-7-17(19)25-16/h4-8,11,15H,9H2,1-3H3,(H,20,22). The molecule has 1 aliphatic heterocycles. The zero-order valence-corrected chi connectivity index (χ0v) is 15.8. The molecular weight excluding hydrogens is 360 g/mol. The Kier molecular flexibility index (Phi) is 5.30. The first-order valence-corrected chi connectivity index (χ1v) is 9.10. The number of halogens is 1. The third-order valence-electron chi connectivity index (χ3n) is 4.03. The van der Waals surface area contributed by atoms with Crippen LogP contribution in [0.3, 0.4) is 0 Å². The van der Waals surface area contributed by atoms with Crippen LogP contribution in [0.5, 0.6) is 5.75 Å². The number of carbonyl (C=O) groups is 1. The Hall–Kier alpha value is -2.05. The molecule has 2 aromatic rings. The number of benzene rings is 1. The van der Waals surface area contributed by atoms with Crippen LogP contribution in [0.25, 0.3) is 0 Å². The van der Waals surface area contributed by atoms with Crippen molar-refractivity contribution in [1.29, 1.82) is 0 Å². The third-order valence-corrected chi connectivity index (χ3v) is 5.31. The molecule has 1 N–H and O–H groups in total. The number of ether oxygens (including phenoxy) is 1. The van der Waals surface area contributed by atoms with E-state index in [0.29, 0.717) is 10.8 Å². The minimum absolute atomic E-state index is 0.197. The molecule has 132 valence electrons. The Bertz CT molecular complexity index is 818. The molecule has 3 rings (SSSR count). The SMILES string of the molecule is COc1ccc(C)cc1C(C)NC(=O)C1CC(c2ccc(Cl)s2)=NO1. The maximum absolute atomic E-state index is 12.5. The molecule has 1 aromatic heterocycles. The normalized spacial score (nSPS) is 17.6. The lowest BCUT2D eigenvalue weighted by Crippen LogP contribution is -2.36. The molecule has 25 heavy (non-hydrogen) atoms. The first-order chi connectivity index (χ1) is 12.0. The first-order valence-electron chi connectivity index (χ1n) is 7.91. The Labute approximate surface area is 155 Å². The van der Waals surface area contributed by atoms with Gasteiger partial charge in [0.1, 0.15) is 11.5 Å². The second kappa shape index (κ2) is 7.45. The summed E-state index contributed by atoms with van der Waals surface area (Å²) in [6.07, 6.45) is -0.200. The van der Waals surface area contributed by atoms with Gasteiger partial charge in [-0.05, 0) is 32.0 Å². The summed E-state index contributed by atoms with van der Waals surface area (Å²) >= 11 is 7.37. The Morgan fingerprint density at radius 2 is 2.24 bits per heavy atom. The molecule has 2 unspecified atom stereocenters. The molecule has 2 heterocycles. The summed E-state index contributed by atoms with van der Waals surface area (Å²) in [5.74, 6) is 0.549. The summed E-state index contributed by atoms with van der Waals surface area (Å²) in [5.41, 5.74) is 2.78. The summed E-state index contributed by atoms with van der Waals surface area (Å²) in [6.45, 7) is 3.93. The van der Waals surface area contributed by atoms with Gasteiger partial charge in [0.25, 0.3) is 5.91 Å². The molecular formula is C18H19ClN2O3S. The van der Waals surface area contributed by atoms with E-state index in [1.54, 1.807) is 7.11 Å². The molecule has 1 aromatic carbocycles. The summed E-state index contributed by atoms with van der Waals surface area (Å²) in [5, 5.41) is 7.01. The van der Waals surface area contributed by atoms with Crippen LogP contribution in [-0.2, 0) is 9.63 Å². The van der Waals surface area contributed by atoms with Gasteiger partial charge < -0.3 is 14.9 Å². The minimum atomic E-state index is -0.630. The van der Waals surface area contributed by atoms with Crippen LogP contribution in [0.4, 0.5) is 0 Å². The summed E-state index contributed by atoms with van der Waals surface area (Å²) in [4.78, 5) is 18.8. The number of methoxy groups -OCH3 is 1. The zero-order valence-electron chi connectivity index (χ0n) is 14.2. The van der Waals surface area contributed by atoms with Gasteiger partial charge in [0.15, 0.2) is 0 Å². The van der Waals surface area contributed by atoms with Crippen molar-refractivity contribution in [3.05, 3.63) is 50.7 Å². The quantitative estimate of drug-likeness (QED) is 0.852. The topological polar surface area (TPSA) is 59.9 Å². The van der Waals surface area contributed by atoms with Gasteiger partial charge in [-0.1, -0.05) is 34.5 Å². The molecule has 0 bridgehead atoms. The Morgan fingerprint density at radius 1 is 1.44 bits per heavy atom. The van der Waals surface area contributed by atoms with E-state index in [4.69, 9.17) is 21.2 Å². The van der Waals surface area contributed by atoms with Crippen molar-refractivity contribution < 1.29 is 14.4 Å². The van der Waals surface area contributed by atoms with Gasteiger partial charge in [-0.3, -0.25) is 4.79 Å². The van der Waals surface area contributed by atoms with E-state index in [0.717, 1.165) is 27.5 Å².